The molecule has 2 aromatic rings. The van der Waals surface area contributed by atoms with Crippen molar-refractivity contribution < 1.29 is 14.3 Å². The quantitative estimate of drug-likeness (QED) is 0.705. The van der Waals surface area contributed by atoms with Gasteiger partial charge in [-0.1, -0.05) is 35.9 Å². The summed E-state index contributed by atoms with van der Waals surface area (Å²) in [6.07, 6.45) is 0.0502. The SMILES string of the molecule is CC(C)Oc1ccccc1OCC(=O)N1CCN(Cc2ccc(Cl)cc2)CC1. The Labute approximate surface area is 171 Å². The largest absolute Gasteiger partial charge is 0.487 e. The molecule has 0 bridgehead atoms. The lowest BCUT2D eigenvalue weighted by Gasteiger charge is -2.34. The van der Waals surface area contributed by atoms with Crippen molar-refractivity contribution in [3.05, 3.63) is 59.1 Å². The Morgan fingerprint density at radius 1 is 1.00 bits per heavy atom. The predicted molar refractivity (Wildman–Crippen MR) is 111 cm³/mol. The van der Waals surface area contributed by atoms with Gasteiger partial charge in [-0.15, -0.1) is 0 Å². The van der Waals surface area contributed by atoms with Crippen LogP contribution in [0.15, 0.2) is 48.5 Å². The lowest BCUT2D eigenvalue weighted by Crippen LogP contribution is -2.49. The number of ether oxygens (including phenoxy) is 2. The maximum atomic E-state index is 12.5. The van der Waals surface area contributed by atoms with Crippen molar-refractivity contribution >= 4 is 17.5 Å². The van der Waals surface area contributed by atoms with E-state index in [9.17, 15) is 4.79 Å². The van der Waals surface area contributed by atoms with E-state index in [-0.39, 0.29) is 18.6 Å². The van der Waals surface area contributed by atoms with Gasteiger partial charge in [-0.05, 0) is 43.7 Å². The molecule has 0 atom stereocenters. The molecule has 28 heavy (non-hydrogen) atoms. The van der Waals surface area contributed by atoms with Crippen LogP contribution in [-0.2, 0) is 11.3 Å². The summed E-state index contributed by atoms with van der Waals surface area (Å²) in [5.41, 5.74) is 1.23. The minimum Gasteiger partial charge on any atom is -0.487 e. The highest BCUT2D eigenvalue weighted by molar-refractivity contribution is 6.30. The van der Waals surface area contributed by atoms with E-state index in [1.807, 2.05) is 67.3 Å². The lowest BCUT2D eigenvalue weighted by atomic mass is 10.2. The molecule has 150 valence electrons. The molecule has 0 radical (unpaired) electrons. The van der Waals surface area contributed by atoms with Gasteiger partial charge in [-0.25, -0.2) is 0 Å². The molecule has 1 aliphatic rings. The number of para-hydroxylation sites is 2. The predicted octanol–water partition coefficient (Wildman–Crippen LogP) is 3.85. The molecule has 0 aromatic heterocycles. The highest BCUT2D eigenvalue weighted by Crippen LogP contribution is 2.27. The van der Waals surface area contributed by atoms with E-state index in [4.69, 9.17) is 21.1 Å². The van der Waals surface area contributed by atoms with Crippen LogP contribution in [-0.4, -0.2) is 54.6 Å². The van der Waals surface area contributed by atoms with E-state index in [2.05, 4.69) is 4.90 Å². The fraction of sp³-hybridized carbons (Fsp3) is 0.409. The van der Waals surface area contributed by atoms with Crippen LogP contribution < -0.4 is 9.47 Å². The fourth-order valence-electron chi connectivity index (χ4n) is 3.15. The van der Waals surface area contributed by atoms with E-state index in [1.165, 1.54) is 5.56 Å². The summed E-state index contributed by atoms with van der Waals surface area (Å²) in [5.74, 6) is 1.27. The Morgan fingerprint density at radius 2 is 1.64 bits per heavy atom. The highest BCUT2D eigenvalue weighted by atomic mass is 35.5. The second kappa shape index (κ2) is 9.80. The first-order valence-electron chi connectivity index (χ1n) is 9.64. The molecule has 2 aromatic carbocycles. The second-order valence-electron chi connectivity index (χ2n) is 7.19. The molecule has 1 aliphatic heterocycles. The van der Waals surface area contributed by atoms with Crippen LogP contribution in [0.3, 0.4) is 0 Å². The first-order valence-corrected chi connectivity index (χ1v) is 10.0. The topological polar surface area (TPSA) is 42.0 Å². The second-order valence-corrected chi connectivity index (χ2v) is 7.62. The zero-order valence-corrected chi connectivity index (χ0v) is 17.2. The van der Waals surface area contributed by atoms with Gasteiger partial charge in [0.25, 0.3) is 5.91 Å². The summed E-state index contributed by atoms with van der Waals surface area (Å²) in [6, 6.07) is 15.4. The van der Waals surface area contributed by atoms with E-state index in [1.54, 1.807) is 0 Å². The van der Waals surface area contributed by atoms with Crippen molar-refractivity contribution in [3.63, 3.8) is 0 Å². The van der Waals surface area contributed by atoms with Crippen molar-refractivity contribution in [1.29, 1.82) is 0 Å². The zero-order valence-electron chi connectivity index (χ0n) is 16.4. The Hall–Kier alpha value is -2.24. The monoisotopic (exact) mass is 402 g/mol. The van der Waals surface area contributed by atoms with Crippen LogP contribution in [0.5, 0.6) is 11.5 Å². The number of carbonyl (C=O) groups is 1. The number of carbonyl (C=O) groups excluding carboxylic acids is 1. The number of halogens is 1. The van der Waals surface area contributed by atoms with Gasteiger partial charge in [0.1, 0.15) is 0 Å². The minimum atomic E-state index is 0.00509. The van der Waals surface area contributed by atoms with Gasteiger partial charge >= 0.3 is 0 Å². The summed E-state index contributed by atoms with van der Waals surface area (Å²) in [5, 5.41) is 0.750. The minimum absolute atomic E-state index is 0.00509. The molecule has 0 spiro atoms. The van der Waals surface area contributed by atoms with Crippen LogP contribution in [0.4, 0.5) is 0 Å². The van der Waals surface area contributed by atoms with E-state index < -0.39 is 0 Å². The van der Waals surface area contributed by atoms with Gasteiger partial charge in [0.15, 0.2) is 18.1 Å². The number of nitrogens with zero attached hydrogens (tertiary/aromatic N) is 2. The summed E-state index contributed by atoms with van der Waals surface area (Å²) < 4.78 is 11.5. The number of benzene rings is 2. The smallest absolute Gasteiger partial charge is 0.260 e. The number of hydrogen-bond donors (Lipinski definition) is 0. The Bertz CT molecular complexity index is 772. The first kappa shape index (κ1) is 20.5. The number of piperazine rings is 1. The van der Waals surface area contributed by atoms with E-state index in [0.717, 1.165) is 24.7 Å². The molecular weight excluding hydrogens is 376 g/mol. The molecule has 0 N–H and O–H groups in total. The summed E-state index contributed by atoms with van der Waals surface area (Å²) in [4.78, 5) is 16.7. The lowest BCUT2D eigenvalue weighted by molar-refractivity contribution is -0.135. The maximum absolute atomic E-state index is 12.5. The third-order valence-corrected chi connectivity index (χ3v) is 4.86. The molecule has 0 aliphatic carbocycles. The van der Waals surface area contributed by atoms with Gasteiger partial charge in [0, 0.05) is 37.7 Å². The average molecular weight is 403 g/mol. The molecule has 1 heterocycles. The van der Waals surface area contributed by atoms with Crippen molar-refractivity contribution in [2.24, 2.45) is 0 Å². The highest BCUT2D eigenvalue weighted by Gasteiger charge is 2.22. The third kappa shape index (κ3) is 5.88. The van der Waals surface area contributed by atoms with Gasteiger partial charge in [-0.3, -0.25) is 9.69 Å². The summed E-state index contributed by atoms with van der Waals surface area (Å²) in [7, 11) is 0. The normalized spacial score (nSPS) is 14.9. The molecule has 0 saturated carbocycles. The molecular formula is C22H27ClN2O3. The van der Waals surface area contributed by atoms with Crippen molar-refractivity contribution in [2.75, 3.05) is 32.8 Å². The Balaban J connectivity index is 1.46. The van der Waals surface area contributed by atoms with Crippen LogP contribution in [0, 0.1) is 0 Å². The van der Waals surface area contributed by atoms with Crippen LogP contribution in [0.25, 0.3) is 0 Å². The standard InChI is InChI=1S/C22H27ClN2O3/c1-17(2)28-21-6-4-3-5-20(21)27-16-22(26)25-13-11-24(12-14-25)15-18-7-9-19(23)10-8-18/h3-10,17H,11-16H2,1-2H3. The summed E-state index contributed by atoms with van der Waals surface area (Å²) in [6.45, 7) is 7.94. The number of rotatable bonds is 7. The van der Waals surface area contributed by atoms with Crippen molar-refractivity contribution in [1.82, 2.24) is 9.80 Å². The summed E-state index contributed by atoms with van der Waals surface area (Å²) >= 11 is 5.94. The van der Waals surface area contributed by atoms with Crippen LogP contribution in [0.1, 0.15) is 19.4 Å². The fourth-order valence-corrected chi connectivity index (χ4v) is 3.28. The first-order chi connectivity index (χ1) is 13.5. The molecule has 1 saturated heterocycles. The van der Waals surface area contributed by atoms with Crippen LogP contribution >= 0.6 is 11.6 Å². The van der Waals surface area contributed by atoms with E-state index in [0.29, 0.717) is 24.6 Å². The van der Waals surface area contributed by atoms with E-state index >= 15 is 0 Å². The third-order valence-electron chi connectivity index (χ3n) is 4.61. The molecule has 6 heteroatoms. The molecule has 1 fully saturated rings. The van der Waals surface area contributed by atoms with Crippen molar-refractivity contribution in [2.45, 2.75) is 26.5 Å². The maximum Gasteiger partial charge on any atom is 0.260 e. The molecule has 5 nitrogen and oxygen atoms in total. The van der Waals surface area contributed by atoms with Gasteiger partial charge in [0.05, 0.1) is 6.10 Å². The Morgan fingerprint density at radius 3 is 2.29 bits per heavy atom. The molecule has 3 rings (SSSR count). The Kier molecular flexibility index (Phi) is 7.18. The van der Waals surface area contributed by atoms with Gasteiger partial charge in [0.2, 0.25) is 0 Å². The average Bonchev–Trinajstić information content (AvgIpc) is 2.69. The molecule has 0 unspecified atom stereocenters. The van der Waals surface area contributed by atoms with Crippen LogP contribution in [0.2, 0.25) is 5.02 Å². The number of amides is 1. The van der Waals surface area contributed by atoms with Gasteiger partial charge < -0.3 is 14.4 Å². The zero-order chi connectivity index (χ0) is 19.9. The van der Waals surface area contributed by atoms with Gasteiger partial charge in [-0.2, -0.15) is 0 Å². The number of hydrogen-bond acceptors (Lipinski definition) is 4. The molecule has 1 amide bonds. The van der Waals surface area contributed by atoms with Crippen molar-refractivity contribution in [3.8, 4) is 11.5 Å².